The molecule has 8 nitrogen and oxygen atoms in total. The van der Waals surface area contributed by atoms with E-state index in [2.05, 4.69) is 5.32 Å². The van der Waals surface area contributed by atoms with Crippen molar-refractivity contribution in [3.8, 4) is 6.07 Å². The van der Waals surface area contributed by atoms with Crippen LogP contribution in [0.1, 0.15) is 5.56 Å². The first-order valence-electron chi connectivity index (χ1n) is 6.91. The second-order valence-corrected chi connectivity index (χ2v) is 5.06. The summed E-state index contributed by atoms with van der Waals surface area (Å²) in [5, 5.41) is 23.0. The van der Waals surface area contributed by atoms with Crippen LogP contribution in [-0.4, -0.2) is 55.5 Å². The molecule has 1 heterocycles. The van der Waals surface area contributed by atoms with Crippen molar-refractivity contribution in [1.29, 1.82) is 5.26 Å². The quantitative estimate of drug-likeness (QED) is 0.635. The smallest absolute Gasteiger partial charge is 0.289 e. The molecule has 22 heavy (non-hydrogen) atoms. The fourth-order valence-electron chi connectivity index (χ4n) is 2.31. The van der Waals surface area contributed by atoms with Crippen molar-refractivity contribution in [3.63, 3.8) is 0 Å². The molecule has 8 heteroatoms. The first kappa shape index (κ1) is 15.7. The van der Waals surface area contributed by atoms with Crippen LogP contribution in [0.4, 0.5) is 11.4 Å². The van der Waals surface area contributed by atoms with E-state index in [0.29, 0.717) is 18.8 Å². The number of nitro groups is 1. The molecule has 0 aliphatic carbocycles. The molecule has 0 aromatic heterocycles. The summed E-state index contributed by atoms with van der Waals surface area (Å²) in [6, 6.07) is 6.13. The number of hydrogen-bond acceptors (Lipinski definition) is 6. The summed E-state index contributed by atoms with van der Waals surface area (Å²) in [6.07, 6.45) is 0. The molecule has 0 saturated carbocycles. The Hall–Kier alpha value is -2.66. The Balaban J connectivity index is 2.10. The van der Waals surface area contributed by atoms with Crippen molar-refractivity contribution in [2.45, 2.75) is 0 Å². The first-order chi connectivity index (χ1) is 10.5. The molecule has 1 saturated heterocycles. The Morgan fingerprint density at radius 3 is 2.77 bits per heavy atom. The molecule has 1 amide bonds. The van der Waals surface area contributed by atoms with E-state index in [1.807, 2.05) is 0 Å². The number of piperazine rings is 1. The molecule has 1 aliphatic heterocycles. The fourth-order valence-corrected chi connectivity index (χ4v) is 2.31. The van der Waals surface area contributed by atoms with Crippen molar-refractivity contribution in [2.24, 2.45) is 0 Å². The van der Waals surface area contributed by atoms with E-state index < -0.39 is 4.92 Å². The molecule has 2 rings (SSSR count). The number of benzene rings is 1. The molecule has 0 atom stereocenters. The van der Waals surface area contributed by atoms with E-state index in [-0.39, 0.29) is 23.7 Å². The van der Waals surface area contributed by atoms with Crippen LogP contribution in [0.3, 0.4) is 0 Å². The molecule has 0 radical (unpaired) electrons. The fraction of sp³-hybridized carbons (Fsp3) is 0.429. The lowest BCUT2D eigenvalue weighted by Crippen LogP contribution is -2.49. The van der Waals surface area contributed by atoms with Crippen LogP contribution in [-0.2, 0) is 4.79 Å². The SMILES string of the molecule is CN(CC(=O)N1CCNCC1)c1ccc(C#N)c([N+](=O)[O-])c1. The van der Waals surface area contributed by atoms with E-state index in [0.717, 1.165) is 13.1 Å². The Morgan fingerprint density at radius 1 is 1.50 bits per heavy atom. The summed E-state index contributed by atoms with van der Waals surface area (Å²) in [6.45, 7) is 3.03. The van der Waals surface area contributed by atoms with Crippen LogP contribution in [0.5, 0.6) is 0 Å². The average molecular weight is 303 g/mol. The summed E-state index contributed by atoms with van der Waals surface area (Å²) < 4.78 is 0. The summed E-state index contributed by atoms with van der Waals surface area (Å²) in [7, 11) is 1.70. The highest BCUT2D eigenvalue weighted by molar-refractivity contribution is 5.81. The van der Waals surface area contributed by atoms with Gasteiger partial charge in [-0.2, -0.15) is 5.26 Å². The van der Waals surface area contributed by atoms with Gasteiger partial charge in [-0.25, -0.2) is 0 Å². The minimum atomic E-state index is -0.589. The molecular weight excluding hydrogens is 286 g/mol. The average Bonchev–Trinajstić information content (AvgIpc) is 2.54. The Morgan fingerprint density at radius 2 is 2.18 bits per heavy atom. The molecule has 1 aromatic rings. The van der Waals surface area contributed by atoms with Gasteiger partial charge in [-0.3, -0.25) is 14.9 Å². The molecule has 116 valence electrons. The van der Waals surface area contributed by atoms with Crippen molar-refractivity contribution in [3.05, 3.63) is 33.9 Å². The molecule has 1 N–H and O–H groups in total. The van der Waals surface area contributed by atoms with Gasteiger partial charge in [-0.1, -0.05) is 0 Å². The van der Waals surface area contributed by atoms with E-state index in [1.165, 1.54) is 12.1 Å². The number of carbonyl (C=O) groups is 1. The van der Waals surface area contributed by atoms with Gasteiger partial charge in [-0.05, 0) is 12.1 Å². The number of hydrogen-bond donors (Lipinski definition) is 1. The van der Waals surface area contributed by atoms with Gasteiger partial charge in [0.25, 0.3) is 5.69 Å². The number of likely N-dealkylation sites (N-methyl/N-ethyl adjacent to an activating group) is 1. The van der Waals surface area contributed by atoms with E-state index in [9.17, 15) is 14.9 Å². The zero-order valence-electron chi connectivity index (χ0n) is 12.3. The van der Waals surface area contributed by atoms with E-state index in [1.54, 1.807) is 29.0 Å². The maximum absolute atomic E-state index is 12.2. The van der Waals surface area contributed by atoms with Crippen LogP contribution in [0.25, 0.3) is 0 Å². The minimum absolute atomic E-state index is 0.00980. The highest BCUT2D eigenvalue weighted by Gasteiger charge is 2.20. The normalized spacial score (nSPS) is 14.3. The van der Waals surface area contributed by atoms with Crippen LogP contribution in [0.15, 0.2) is 18.2 Å². The zero-order valence-corrected chi connectivity index (χ0v) is 12.3. The lowest BCUT2D eigenvalue weighted by atomic mass is 10.1. The summed E-state index contributed by atoms with van der Waals surface area (Å²) >= 11 is 0. The standard InChI is InChI=1S/C14H17N5O3/c1-17(10-14(20)18-6-4-16-5-7-18)12-3-2-11(9-15)13(8-12)19(21)22/h2-3,8,16H,4-7,10H2,1H3. The van der Waals surface area contributed by atoms with Crippen molar-refractivity contribution in [1.82, 2.24) is 10.2 Å². The monoisotopic (exact) mass is 303 g/mol. The second-order valence-electron chi connectivity index (χ2n) is 5.06. The predicted molar refractivity (Wildman–Crippen MR) is 80.5 cm³/mol. The van der Waals surface area contributed by atoms with Gasteiger partial charge < -0.3 is 15.1 Å². The van der Waals surface area contributed by atoms with Gasteiger partial charge in [-0.15, -0.1) is 0 Å². The summed E-state index contributed by atoms with van der Waals surface area (Å²) in [4.78, 5) is 26.0. The van der Waals surface area contributed by atoms with Crippen molar-refractivity contribution < 1.29 is 9.72 Å². The number of nitriles is 1. The number of amides is 1. The highest BCUT2D eigenvalue weighted by Crippen LogP contribution is 2.24. The minimum Gasteiger partial charge on any atom is -0.365 e. The van der Waals surface area contributed by atoms with Crippen molar-refractivity contribution >= 4 is 17.3 Å². The van der Waals surface area contributed by atoms with Crippen LogP contribution >= 0.6 is 0 Å². The third kappa shape index (κ3) is 3.51. The third-order valence-corrected chi connectivity index (χ3v) is 3.58. The molecular formula is C14H17N5O3. The molecule has 1 fully saturated rings. The van der Waals surface area contributed by atoms with E-state index in [4.69, 9.17) is 5.26 Å². The molecule has 1 aromatic carbocycles. The maximum Gasteiger partial charge on any atom is 0.289 e. The molecule has 0 bridgehead atoms. The van der Waals surface area contributed by atoms with Gasteiger partial charge in [0.05, 0.1) is 11.5 Å². The largest absolute Gasteiger partial charge is 0.365 e. The Kier molecular flexibility index (Phi) is 4.91. The number of rotatable bonds is 4. The lowest BCUT2D eigenvalue weighted by Gasteiger charge is -2.29. The Labute approximate surface area is 128 Å². The van der Waals surface area contributed by atoms with Crippen LogP contribution in [0, 0.1) is 21.4 Å². The van der Waals surface area contributed by atoms with Crippen LogP contribution in [0.2, 0.25) is 0 Å². The van der Waals surface area contributed by atoms with Gasteiger partial charge in [0.15, 0.2) is 0 Å². The van der Waals surface area contributed by atoms with Gasteiger partial charge in [0.1, 0.15) is 11.6 Å². The highest BCUT2D eigenvalue weighted by atomic mass is 16.6. The number of anilines is 1. The molecule has 0 unspecified atom stereocenters. The molecule has 0 spiro atoms. The maximum atomic E-state index is 12.2. The third-order valence-electron chi connectivity index (χ3n) is 3.58. The number of nitrogens with one attached hydrogen (secondary N) is 1. The second kappa shape index (κ2) is 6.87. The molecule has 1 aliphatic rings. The Bertz CT molecular complexity index is 619. The summed E-state index contributed by atoms with van der Waals surface area (Å²) in [5.74, 6) is -0.0176. The topological polar surface area (TPSA) is 103 Å². The number of nitrogens with zero attached hydrogens (tertiary/aromatic N) is 4. The summed E-state index contributed by atoms with van der Waals surface area (Å²) in [5.41, 5.74) is 0.297. The number of carbonyl (C=O) groups excluding carboxylic acids is 1. The van der Waals surface area contributed by atoms with Crippen LogP contribution < -0.4 is 10.2 Å². The zero-order chi connectivity index (χ0) is 16.1. The first-order valence-corrected chi connectivity index (χ1v) is 6.91. The van der Waals surface area contributed by atoms with Gasteiger partial charge >= 0.3 is 0 Å². The van der Waals surface area contributed by atoms with Gasteiger partial charge in [0, 0.05) is 45.0 Å². The van der Waals surface area contributed by atoms with Crippen molar-refractivity contribution in [2.75, 3.05) is 44.7 Å². The van der Waals surface area contributed by atoms with Gasteiger partial charge in [0.2, 0.25) is 5.91 Å². The predicted octanol–water partition coefficient (Wildman–Crippen LogP) is 0.334. The lowest BCUT2D eigenvalue weighted by molar-refractivity contribution is -0.385. The van der Waals surface area contributed by atoms with E-state index >= 15 is 0 Å². The number of nitro benzene ring substituents is 1.